The summed E-state index contributed by atoms with van der Waals surface area (Å²) >= 11 is 0. The summed E-state index contributed by atoms with van der Waals surface area (Å²) in [5.74, 6) is 0. The molecule has 1 aliphatic carbocycles. The molecule has 2 fully saturated rings. The Morgan fingerprint density at radius 3 is 2.05 bits per heavy atom. The highest BCUT2D eigenvalue weighted by Gasteiger charge is 2.30. The third kappa shape index (κ3) is 5.01. The zero-order valence-electron chi connectivity index (χ0n) is 13.2. The van der Waals surface area contributed by atoms with Crippen molar-refractivity contribution in [2.24, 2.45) is 0 Å². The van der Waals surface area contributed by atoms with Crippen molar-refractivity contribution in [3.8, 4) is 0 Å². The Balaban J connectivity index is 1.89. The van der Waals surface area contributed by atoms with E-state index in [0.717, 1.165) is 32.5 Å². The molecule has 3 nitrogen and oxygen atoms in total. The standard InChI is InChI=1S/C17H33NO2/c1-18(15-12-13-20-14-15)16-10-8-6-4-2-3-5-7-9-11-17(16)19/h15-17,19H,2-14H2,1H3. The van der Waals surface area contributed by atoms with Crippen molar-refractivity contribution in [1.82, 2.24) is 4.90 Å². The van der Waals surface area contributed by atoms with Crippen molar-refractivity contribution < 1.29 is 9.84 Å². The predicted octanol–water partition coefficient (Wildman–Crippen LogP) is 3.35. The molecule has 20 heavy (non-hydrogen) atoms. The van der Waals surface area contributed by atoms with Gasteiger partial charge >= 0.3 is 0 Å². The lowest BCUT2D eigenvalue weighted by Crippen LogP contribution is -2.47. The smallest absolute Gasteiger partial charge is 0.0695 e. The molecule has 3 unspecified atom stereocenters. The number of aliphatic hydroxyl groups is 1. The number of nitrogens with zero attached hydrogens (tertiary/aromatic N) is 1. The lowest BCUT2D eigenvalue weighted by Gasteiger charge is -2.36. The van der Waals surface area contributed by atoms with Crippen molar-refractivity contribution in [3.63, 3.8) is 0 Å². The fraction of sp³-hybridized carbons (Fsp3) is 1.00. The van der Waals surface area contributed by atoms with E-state index < -0.39 is 0 Å². The van der Waals surface area contributed by atoms with Gasteiger partial charge in [0.1, 0.15) is 0 Å². The minimum Gasteiger partial charge on any atom is -0.391 e. The van der Waals surface area contributed by atoms with E-state index in [-0.39, 0.29) is 6.10 Å². The first-order chi connectivity index (χ1) is 9.79. The summed E-state index contributed by atoms with van der Waals surface area (Å²) in [7, 11) is 2.19. The van der Waals surface area contributed by atoms with Gasteiger partial charge in [-0.25, -0.2) is 0 Å². The lowest BCUT2D eigenvalue weighted by atomic mass is 9.94. The maximum Gasteiger partial charge on any atom is 0.0695 e. The average molecular weight is 283 g/mol. The highest BCUT2D eigenvalue weighted by atomic mass is 16.5. The van der Waals surface area contributed by atoms with E-state index in [1.807, 2.05) is 0 Å². The normalized spacial score (nSPS) is 34.6. The fourth-order valence-corrected chi connectivity index (χ4v) is 3.74. The van der Waals surface area contributed by atoms with Gasteiger partial charge in [-0.3, -0.25) is 4.90 Å². The second kappa shape index (κ2) is 9.01. The molecule has 0 aromatic carbocycles. The summed E-state index contributed by atoms with van der Waals surface area (Å²) in [6.45, 7) is 1.73. The molecule has 1 saturated carbocycles. The van der Waals surface area contributed by atoms with E-state index >= 15 is 0 Å². The minimum atomic E-state index is -0.153. The molecule has 0 radical (unpaired) electrons. The molecule has 1 aliphatic heterocycles. The van der Waals surface area contributed by atoms with Crippen LogP contribution in [0.15, 0.2) is 0 Å². The Morgan fingerprint density at radius 1 is 0.850 bits per heavy atom. The molecule has 0 aromatic rings. The topological polar surface area (TPSA) is 32.7 Å². The summed E-state index contributed by atoms with van der Waals surface area (Å²) in [5, 5.41) is 10.6. The lowest BCUT2D eigenvalue weighted by molar-refractivity contribution is 0.0244. The van der Waals surface area contributed by atoms with Gasteiger partial charge in [0.15, 0.2) is 0 Å². The van der Waals surface area contributed by atoms with Crippen LogP contribution in [-0.4, -0.2) is 48.5 Å². The van der Waals surface area contributed by atoms with Gasteiger partial charge < -0.3 is 9.84 Å². The fourth-order valence-electron chi connectivity index (χ4n) is 3.74. The largest absolute Gasteiger partial charge is 0.391 e. The van der Waals surface area contributed by atoms with E-state index in [9.17, 15) is 5.11 Å². The summed E-state index contributed by atoms with van der Waals surface area (Å²) in [6, 6.07) is 0.851. The van der Waals surface area contributed by atoms with Crippen LogP contribution in [0.4, 0.5) is 0 Å². The second-order valence-corrected chi connectivity index (χ2v) is 6.72. The highest BCUT2D eigenvalue weighted by Crippen LogP contribution is 2.23. The molecule has 1 saturated heterocycles. The Kier molecular flexibility index (Phi) is 7.32. The minimum absolute atomic E-state index is 0.153. The number of aliphatic hydroxyl groups excluding tert-OH is 1. The van der Waals surface area contributed by atoms with E-state index in [0.29, 0.717) is 12.1 Å². The van der Waals surface area contributed by atoms with Crippen LogP contribution in [0.5, 0.6) is 0 Å². The van der Waals surface area contributed by atoms with Crippen molar-refractivity contribution in [2.75, 3.05) is 20.3 Å². The molecule has 1 N–H and O–H groups in total. The van der Waals surface area contributed by atoms with Crippen molar-refractivity contribution >= 4 is 0 Å². The van der Waals surface area contributed by atoms with Gasteiger partial charge in [0.25, 0.3) is 0 Å². The zero-order chi connectivity index (χ0) is 14.2. The molecule has 3 heteroatoms. The van der Waals surface area contributed by atoms with Gasteiger partial charge in [-0.05, 0) is 26.3 Å². The number of likely N-dealkylation sites (N-methyl/N-ethyl adjacent to an activating group) is 1. The number of hydrogen-bond donors (Lipinski definition) is 1. The van der Waals surface area contributed by atoms with Crippen LogP contribution in [0, 0.1) is 0 Å². The quantitative estimate of drug-likeness (QED) is 0.843. The molecule has 0 bridgehead atoms. The summed E-state index contributed by atoms with van der Waals surface area (Å²) in [6.07, 6.45) is 13.7. The third-order valence-electron chi connectivity index (χ3n) is 5.20. The zero-order valence-corrected chi connectivity index (χ0v) is 13.2. The van der Waals surface area contributed by atoms with Gasteiger partial charge in [0, 0.05) is 18.7 Å². The van der Waals surface area contributed by atoms with Crippen LogP contribution < -0.4 is 0 Å². The second-order valence-electron chi connectivity index (χ2n) is 6.72. The molecule has 0 amide bonds. The maximum absolute atomic E-state index is 10.6. The van der Waals surface area contributed by atoms with E-state index in [1.54, 1.807) is 0 Å². The third-order valence-corrected chi connectivity index (χ3v) is 5.20. The molecule has 2 rings (SSSR count). The Hall–Kier alpha value is -0.120. The van der Waals surface area contributed by atoms with Crippen molar-refractivity contribution in [3.05, 3.63) is 0 Å². The van der Waals surface area contributed by atoms with Crippen LogP contribution in [0.1, 0.15) is 70.6 Å². The summed E-state index contributed by atoms with van der Waals surface area (Å²) in [4.78, 5) is 2.42. The van der Waals surface area contributed by atoms with Crippen LogP contribution >= 0.6 is 0 Å². The van der Waals surface area contributed by atoms with Gasteiger partial charge in [0.05, 0.1) is 12.7 Å². The maximum atomic E-state index is 10.6. The molecule has 3 atom stereocenters. The van der Waals surface area contributed by atoms with Crippen molar-refractivity contribution in [1.29, 1.82) is 0 Å². The molecular weight excluding hydrogens is 250 g/mol. The van der Waals surface area contributed by atoms with Gasteiger partial charge in [-0.15, -0.1) is 0 Å². The molecule has 2 aliphatic rings. The number of hydrogen-bond acceptors (Lipinski definition) is 3. The molecule has 1 heterocycles. The monoisotopic (exact) mass is 283 g/mol. The van der Waals surface area contributed by atoms with Crippen molar-refractivity contribution in [2.45, 2.75) is 88.8 Å². The van der Waals surface area contributed by atoms with Crippen LogP contribution in [0.3, 0.4) is 0 Å². The average Bonchev–Trinajstić information content (AvgIpc) is 2.96. The van der Waals surface area contributed by atoms with E-state index in [4.69, 9.17) is 4.74 Å². The Labute approximate surface area is 124 Å². The SMILES string of the molecule is CN(C1CCOC1)C1CCCCCCCCCCC1O. The first-order valence-electron chi connectivity index (χ1n) is 8.77. The van der Waals surface area contributed by atoms with Crippen LogP contribution in [-0.2, 0) is 4.74 Å². The molecule has 0 aromatic heterocycles. The van der Waals surface area contributed by atoms with Gasteiger partial charge in [-0.1, -0.05) is 51.4 Å². The first kappa shape index (κ1) is 16.3. The van der Waals surface area contributed by atoms with Gasteiger partial charge in [-0.2, -0.15) is 0 Å². The molecule has 0 spiro atoms. The van der Waals surface area contributed by atoms with E-state index in [1.165, 1.54) is 51.4 Å². The van der Waals surface area contributed by atoms with E-state index in [2.05, 4.69) is 11.9 Å². The molecule has 118 valence electrons. The summed E-state index contributed by atoms with van der Waals surface area (Å²) in [5.41, 5.74) is 0. The van der Waals surface area contributed by atoms with Gasteiger partial charge in [0.2, 0.25) is 0 Å². The Morgan fingerprint density at radius 2 is 1.45 bits per heavy atom. The van der Waals surface area contributed by atoms with Crippen LogP contribution in [0.2, 0.25) is 0 Å². The predicted molar refractivity (Wildman–Crippen MR) is 83.0 cm³/mol. The Bertz CT molecular complexity index is 253. The highest BCUT2D eigenvalue weighted by molar-refractivity contribution is 4.84. The van der Waals surface area contributed by atoms with Crippen LogP contribution in [0.25, 0.3) is 0 Å². The number of ether oxygens (including phenoxy) is 1. The molecular formula is C17H33NO2. The summed E-state index contributed by atoms with van der Waals surface area (Å²) < 4.78 is 5.52. The first-order valence-corrected chi connectivity index (χ1v) is 8.77. The number of rotatable bonds is 2.